The topological polar surface area (TPSA) is 73.5 Å². The van der Waals surface area contributed by atoms with Gasteiger partial charge in [0.2, 0.25) is 0 Å². The van der Waals surface area contributed by atoms with Crippen LogP contribution >= 0.6 is 0 Å². The van der Waals surface area contributed by atoms with E-state index in [9.17, 15) is 15.5 Å². The van der Waals surface area contributed by atoms with Gasteiger partial charge in [0.1, 0.15) is 23.7 Å². The van der Waals surface area contributed by atoms with Gasteiger partial charge in [-0.25, -0.2) is 0 Å². The number of phenols is 2. The largest absolute Gasteiger partial charge is 0.507 e. The molecule has 4 heteroatoms. The molecule has 2 atom stereocenters. The summed E-state index contributed by atoms with van der Waals surface area (Å²) in [6.45, 7) is 1.92. The van der Waals surface area contributed by atoms with E-state index in [1.54, 1.807) is 0 Å². The molecule has 4 aromatic rings. The molecule has 0 amide bonds. The molecule has 180 valence electrons. The Labute approximate surface area is 212 Å². The van der Waals surface area contributed by atoms with Crippen LogP contribution in [0.25, 0.3) is 0 Å². The fourth-order valence-electron chi connectivity index (χ4n) is 4.98. The summed E-state index contributed by atoms with van der Waals surface area (Å²) in [5.41, 5.74) is 7.25. The molecule has 0 saturated carbocycles. The molecule has 0 aromatic heterocycles. The summed E-state index contributed by atoms with van der Waals surface area (Å²) in [5.74, 6) is 0.521. The van der Waals surface area contributed by atoms with Gasteiger partial charge in [-0.3, -0.25) is 0 Å². The molecule has 0 spiro atoms. The number of hydrogen-bond donors (Lipinski definition) is 2. The van der Waals surface area contributed by atoms with E-state index in [1.807, 2.05) is 73.7 Å². The first-order valence-corrected chi connectivity index (χ1v) is 12.4. The molecule has 1 aliphatic carbocycles. The molecule has 36 heavy (non-hydrogen) atoms. The molecule has 1 aliphatic rings. The maximum absolute atomic E-state index is 11.4. The Morgan fingerprint density at radius 2 is 1.31 bits per heavy atom. The van der Waals surface area contributed by atoms with Crippen LogP contribution in [0, 0.1) is 11.3 Å². The van der Waals surface area contributed by atoms with E-state index in [2.05, 4.69) is 24.3 Å². The lowest BCUT2D eigenvalue weighted by atomic mass is 9.91. The third-order valence-electron chi connectivity index (χ3n) is 6.88. The summed E-state index contributed by atoms with van der Waals surface area (Å²) >= 11 is 0. The van der Waals surface area contributed by atoms with Gasteiger partial charge >= 0.3 is 0 Å². The fraction of sp³-hybridized carbons (Fsp3) is 0.219. The summed E-state index contributed by atoms with van der Waals surface area (Å²) in [5, 5.41) is 32.1. The van der Waals surface area contributed by atoms with Crippen molar-refractivity contribution in [2.75, 3.05) is 0 Å². The highest BCUT2D eigenvalue weighted by atomic mass is 16.5. The van der Waals surface area contributed by atoms with Gasteiger partial charge in [0.05, 0.1) is 6.07 Å². The predicted molar refractivity (Wildman–Crippen MR) is 140 cm³/mol. The molecule has 0 heterocycles. The van der Waals surface area contributed by atoms with Crippen LogP contribution in [0.1, 0.15) is 64.0 Å². The Morgan fingerprint density at radius 3 is 1.92 bits per heavy atom. The maximum Gasteiger partial charge on any atom is 0.145 e. The number of para-hydroxylation sites is 2. The lowest BCUT2D eigenvalue weighted by molar-refractivity contribution is 0.0372. The molecular weight excluding hydrogens is 446 g/mol. The van der Waals surface area contributed by atoms with Gasteiger partial charge in [-0.05, 0) is 45.4 Å². The summed E-state index contributed by atoms with van der Waals surface area (Å²) < 4.78 is 6.29. The Balaban J connectivity index is 1.70. The smallest absolute Gasteiger partial charge is 0.145 e. The second-order valence-electron chi connectivity index (χ2n) is 9.42. The Hall–Kier alpha value is -4.07. The van der Waals surface area contributed by atoms with Gasteiger partial charge in [0.25, 0.3) is 0 Å². The summed E-state index contributed by atoms with van der Waals surface area (Å²) in [6.07, 6.45) is 1.07. The number of rotatable bonds is 3. The number of ether oxygens (including phenoxy) is 1. The van der Waals surface area contributed by atoms with E-state index in [0.29, 0.717) is 37.0 Å². The Kier molecular flexibility index (Phi) is 6.75. The van der Waals surface area contributed by atoms with E-state index in [1.165, 1.54) is 0 Å². The predicted octanol–water partition coefficient (Wildman–Crippen LogP) is 6.59. The van der Waals surface area contributed by atoms with Gasteiger partial charge in [0.15, 0.2) is 0 Å². The zero-order valence-electron chi connectivity index (χ0n) is 20.3. The molecule has 5 rings (SSSR count). The van der Waals surface area contributed by atoms with Crippen molar-refractivity contribution in [3.63, 3.8) is 0 Å². The fourth-order valence-corrected chi connectivity index (χ4v) is 4.98. The van der Waals surface area contributed by atoms with Gasteiger partial charge in [-0.2, -0.15) is 5.26 Å². The lowest BCUT2D eigenvalue weighted by Crippen LogP contribution is -2.16. The molecule has 0 radical (unpaired) electrons. The Morgan fingerprint density at radius 1 is 0.778 bits per heavy atom. The molecule has 2 unspecified atom stereocenters. The summed E-state index contributed by atoms with van der Waals surface area (Å²) in [6, 6.07) is 30.1. The normalized spacial score (nSPS) is 15.6. The SMILES string of the molecule is CCC(C#N)OC1c2cccc(c2)Cc2cccc(c2O)Cc2cccc(c2)Cc2cccc1c2O. The van der Waals surface area contributed by atoms with E-state index in [4.69, 9.17) is 4.74 Å². The van der Waals surface area contributed by atoms with Crippen molar-refractivity contribution in [1.29, 1.82) is 5.26 Å². The van der Waals surface area contributed by atoms with E-state index >= 15 is 0 Å². The highest BCUT2D eigenvalue weighted by molar-refractivity contribution is 5.50. The minimum atomic E-state index is -0.607. The van der Waals surface area contributed by atoms with Crippen LogP contribution in [0.4, 0.5) is 0 Å². The number of phenolic OH excluding ortho intramolecular Hbond substituents is 2. The average Bonchev–Trinajstić information content (AvgIpc) is 2.89. The summed E-state index contributed by atoms with van der Waals surface area (Å²) in [7, 11) is 0. The molecule has 0 fully saturated rings. The van der Waals surface area contributed by atoms with Gasteiger partial charge in [0, 0.05) is 24.8 Å². The lowest BCUT2D eigenvalue weighted by Gasteiger charge is -2.24. The van der Waals surface area contributed by atoms with E-state index in [0.717, 1.165) is 38.9 Å². The number of nitrogens with zero attached hydrogens (tertiary/aromatic N) is 1. The minimum Gasteiger partial charge on any atom is -0.507 e. The molecule has 8 bridgehead atoms. The monoisotopic (exact) mass is 475 g/mol. The molecule has 0 aliphatic heterocycles. The quantitative estimate of drug-likeness (QED) is 0.350. The van der Waals surface area contributed by atoms with Crippen molar-refractivity contribution >= 4 is 0 Å². The highest BCUT2D eigenvalue weighted by Gasteiger charge is 2.24. The molecule has 0 saturated heterocycles. The molecular formula is C32H29NO3. The molecule has 4 aromatic carbocycles. The van der Waals surface area contributed by atoms with Crippen LogP contribution in [0.5, 0.6) is 11.5 Å². The first kappa shape index (κ1) is 23.7. The third kappa shape index (κ3) is 4.84. The summed E-state index contributed by atoms with van der Waals surface area (Å²) in [4.78, 5) is 0. The van der Waals surface area contributed by atoms with Gasteiger partial charge in [-0.1, -0.05) is 91.9 Å². The van der Waals surface area contributed by atoms with E-state index < -0.39 is 12.2 Å². The maximum atomic E-state index is 11.4. The molecule has 4 nitrogen and oxygen atoms in total. The number of nitriles is 1. The van der Waals surface area contributed by atoms with Crippen molar-refractivity contribution in [3.8, 4) is 17.6 Å². The van der Waals surface area contributed by atoms with Gasteiger partial charge in [-0.15, -0.1) is 0 Å². The van der Waals surface area contributed by atoms with Crippen LogP contribution in [-0.4, -0.2) is 16.3 Å². The number of hydrogen-bond acceptors (Lipinski definition) is 4. The average molecular weight is 476 g/mol. The highest BCUT2D eigenvalue weighted by Crippen LogP contribution is 2.38. The van der Waals surface area contributed by atoms with Crippen LogP contribution < -0.4 is 0 Å². The van der Waals surface area contributed by atoms with Crippen LogP contribution in [-0.2, 0) is 24.0 Å². The number of fused-ring (bicyclic) bond motifs is 8. The standard InChI is InChI=1S/C32H29NO3/c1-2-28(20-33)36-32-27-13-4-9-23(19-27)18-25-11-5-10-24(30(25)34)16-21-7-3-8-22(15-21)17-26-12-6-14-29(32)31(26)35/h3-15,19,28,32,34-35H,2,16-18H2,1H3. The first-order chi connectivity index (χ1) is 17.6. The van der Waals surface area contributed by atoms with E-state index in [-0.39, 0.29) is 5.75 Å². The number of benzene rings is 4. The zero-order chi connectivity index (χ0) is 25.1. The van der Waals surface area contributed by atoms with Crippen molar-refractivity contribution in [1.82, 2.24) is 0 Å². The van der Waals surface area contributed by atoms with Crippen LogP contribution in [0.3, 0.4) is 0 Å². The van der Waals surface area contributed by atoms with Crippen molar-refractivity contribution in [2.45, 2.75) is 44.8 Å². The number of aromatic hydroxyl groups is 2. The van der Waals surface area contributed by atoms with Crippen LogP contribution in [0.15, 0.2) is 84.9 Å². The minimum absolute atomic E-state index is 0.195. The Bertz CT molecular complexity index is 1440. The first-order valence-electron chi connectivity index (χ1n) is 12.4. The van der Waals surface area contributed by atoms with Gasteiger partial charge < -0.3 is 14.9 Å². The van der Waals surface area contributed by atoms with Crippen LogP contribution in [0.2, 0.25) is 0 Å². The van der Waals surface area contributed by atoms with Crippen molar-refractivity contribution in [2.24, 2.45) is 0 Å². The second kappa shape index (κ2) is 10.3. The third-order valence-corrected chi connectivity index (χ3v) is 6.88. The molecule has 2 N–H and O–H groups in total. The van der Waals surface area contributed by atoms with Crippen molar-refractivity contribution < 1.29 is 14.9 Å². The second-order valence-corrected chi connectivity index (χ2v) is 9.42. The van der Waals surface area contributed by atoms with Crippen molar-refractivity contribution in [3.05, 3.63) is 129 Å². The zero-order valence-corrected chi connectivity index (χ0v) is 20.3.